The lowest BCUT2D eigenvalue weighted by Crippen LogP contribution is -2.49. The highest BCUT2D eigenvalue weighted by Gasteiger charge is 2.30. The molecule has 18 heavy (non-hydrogen) atoms. The summed E-state index contributed by atoms with van der Waals surface area (Å²) in [6.45, 7) is 3.07. The molecule has 98 valence electrons. The second-order valence-corrected chi connectivity index (χ2v) is 4.53. The Morgan fingerprint density at radius 2 is 2.06 bits per heavy atom. The Hall–Kier alpha value is -1.55. The highest BCUT2D eigenvalue weighted by molar-refractivity contribution is 5.81. The van der Waals surface area contributed by atoms with Crippen LogP contribution in [-0.2, 0) is 9.53 Å². The van der Waals surface area contributed by atoms with Gasteiger partial charge < -0.3 is 15.4 Å². The Balaban J connectivity index is 1.62. The Kier molecular flexibility index (Phi) is 4.59. The fourth-order valence-corrected chi connectivity index (χ4v) is 2.07. The van der Waals surface area contributed by atoms with Crippen LogP contribution in [0.4, 0.5) is 5.69 Å². The van der Waals surface area contributed by atoms with Crippen molar-refractivity contribution in [2.75, 3.05) is 18.5 Å². The first-order valence-electron chi connectivity index (χ1n) is 6.48. The van der Waals surface area contributed by atoms with Crippen LogP contribution in [0.15, 0.2) is 30.3 Å². The molecule has 2 N–H and O–H groups in total. The fourth-order valence-electron chi connectivity index (χ4n) is 2.07. The van der Waals surface area contributed by atoms with Crippen LogP contribution in [0.1, 0.15) is 19.8 Å². The summed E-state index contributed by atoms with van der Waals surface area (Å²) in [5.74, 6) is 0.0406. The van der Waals surface area contributed by atoms with Crippen LogP contribution in [0, 0.1) is 0 Å². The highest BCUT2D eigenvalue weighted by Crippen LogP contribution is 2.22. The molecule has 0 unspecified atom stereocenters. The largest absolute Gasteiger partial charge is 0.378 e. The van der Waals surface area contributed by atoms with Crippen molar-refractivity contribution in [1.82, 2.24) is 5.32 Å². The van der Waals surface area contributed by atoms with Crippen molar-refractivity contribution in [3.8, 4) is 0 Å². The summed E-state index contributed by atoms with van der Waals surface area (Å²) in [5, 5.41) is 6.08. The standard InChI is InChI=1S/C14H20N2O2/c1-2-18-13-8-12(9-13)16-14(17)10-15-11-6-4-3-5-7-11/h3-7,12-13,15H,2,8-10H2,1H3,(H,16,17). The molecule has 1 fully saturated rings. The summed E-state index contributed by atoms with van der Waals surface area (Å²) in [7, 11) is 0. The number of hydrogen-bond donors (Lipinski definition) is 2. The van der Waals surface area contributed by atoms with E-state index in [4.69, 9.17) is 4.74 Å². The molecule has 1 aliphatic carbocycles. The third-order valence-electron chi connectivity index (χ3n) is 3.09. The van der Waals surface area contributed by atoms with Crippen LogP contribution in [0.5, 0.6) is 0 Å². The number of rotatable bonds is 6. The molecule has 0 saturated heterocycles. The van der Waals surface area contributed by atoms with Gasteiger partial charge in [0.25, 0.3) is 0 Å². The summed E-state index contributed by atoms with van der Waals surface area (Å²) in [5.41, 5.74) is 0.966. The quantitative estimate of drug-likeness (QED) is 0.807. The zero-order valence-electron chi connectivity index (χ0n) is 10.7. The number of hydrogen-bond acceptors (Lipinski definition) is 3. The molecule has 0 spiro atoms. The minimum atomic E-state index is 0.0406. The molecule has 0 radical (unpaired) electrons. The van der Waals surface area contributed by atoms with Crippen molar-refractivity contribution < 1.29 is 9.53 Å². The maximum absolute atomic E-state index is 11.7. The molecule has 4 heteroatoms. The minimum absolute atomic E-state index is 0.0406. The number of anilines is 1. The Morgan fingerprint density at radius 1 is 1.33 bits per heavy atom. The summed E-state index contributed by atoms with van der Waals surface area (Å²) >= 11 is 0. The van der Waals surface area contributed by atoms with Crippen molar-refractivity contribution in [3.63, 3.8) is 0 Å². The van der Waals surface area contributed by atoms with Crippen LogP contribution in [0.3, 0.4) is 0 Å². The van der Waals surface area contributed by atoms with Gasteiger partial charge in [0.05, 0.1) is 12.6 Å². The van der Waals surface area contributed by atoms with Crippen molar-refractivity contribution in [3.05, 3.63) is 30.3 Å². The molecule has 1 amide bonds. The van der Waals surface area contributed by atoms with E-state index < -0.39 is 0 Å². The molecular formula is C14H20N2O2. The van der Waals surface area contributed by atoms with Gasteiger partial charge in [-0.25, -0.2) is 0 Å². The second kappa shape index (κ2) is 6.40. The number of ether oxygens (including phenoxy) is 1. The van der Waals surface area contributed by atoms with Gasteiger partial charge >= 0.3 is 0 Å². The van der Waals surface area contributed by atoms with Crippen molar-refractivity contribution in [2.24, 2.45) is 0 Å². The molecule has 0 heterocycles. The van der Waals surface area contributed by atoms with Gasteiger partial charge in [-0.05, 0) is 31.9 Å². The summed E-state index contributed by atoms with van der Waals surface area (Å²) in [6, 6.07) is 10.0. The van der Waals surface area contributed by atoms with E-state index in [1.54, 1.807) is 0 Å². The van der Waals surface area contributed by atoms with Crippen molar-refractivity contribution in [1.29, 1.82) is 0 Å². The van der Waals surface area contributed by atoms with Gasteiger partial charge in [-0.2, -0.15) is 0 Å². The number of benzene rings is 1. The Labute approximate surface area is 108 Å². The lowest BCUT2D eigenvalue weighted by molar-refractivity contribution is -0.121. The molecule has 1 aromatic rings. The third kappa shape index (κ3) is 3.74. The lowest BCUT2D eigenvalue weighted by atomic mass is 9.89. The van der Waals surface area contributed by atoms with E-state index in [0.29, 0.717) is 12.6 Å². The molecule has 0 atom stereocenters. The van der Waals surface area contributed by atoms with E-state index in [0.717, 1.165) is 25.1 Å². The number of carbonyl (C=O) groups excluding carboxylic acids is 1. The van der Waals surface area contributed by atoms with Crippen LogP contribution in [-0.4, -0.2) is 31.2 Å². The van der Waals surface area contributed by atoms with E-state index in [2.05, 4.69) is 10.6 Å². The molecule has 0 aromatic heterocycles. The van der Waals surface area contributed by atoms with Crippen molar-refractivity contribution >= 4 is 11.6 Å². The van der Waals surface area contributed by atoms with Crippen LogP contribution >= 0.6 is 0 Å². The second-order valence-electron chi connectivity index (χ2n) is 4.53. The molecule has 0 aliphatic heterocycles. The number of carbonyl (C=O) groups is 1. The maximum Gasteiger partial charge on any atom is 0.239 e. The SMILES string of the molecule is CCOC1CC(NC(=O)CNc2ccccc2)C1. The Bertz CT molecular complexity index is 375. The average molecular weight is 248 g/mol. The Morgan fingerprint density at radius 3 is 2.72 bits per heavy atom. The van der Waals surface area contributed by atoms with Crippen LogP contribution < -0.4 is 10.6 Å². The van der Waals surface area contributed by atoms with Gasteiger partial charge in [0.2, 0.25) is 5.91 Å². The maximum atomic E-state index is 11.7. The topological polar surface area (TPSA) is 50.4 Å². The van der Waals surface area contributed by atoms with E-state index in [-0.39, 0.29) is 11.9 Å². The van der Waals surface area contributed by atoms with E-state index in [9.17, 15) is 4.79 Å². The summed E-state index contributed by atoms with van der Waals surface area (Å²) in [4.78, 5) is 11.7. The molecule has 1 saturated carbocycles. The first-order chi connectivity index (χ1) is 8.78. The molecular weight excluding hydrogens is 228 g/mol. The zero-order valence-corrected chi connectivity index (χ0v) is 10.7. The van der Waals surface area contributed by atoms with Crippen LogP contribution in [0.25, 0.3) is 0 Å². The van der Waals surface area contributed by atoms with E-state index in [1.165, 1.54) is 0 Å². The highest BCUT2D eigenvalue weighted by atomic mass is 16.5. The number of para-hydroxylation sites is 1. The molecule has 1 aliphatic rings. The van der Waals surface area contributed by atoms with Gasteiger partial charge in [-0.15, -0.1) is 0 Å². The minimum Gasteiger partial charge on any atom is -0.378 e. The van der Waals surface area contributed by atoms with Gasteiger partial charge in [0.15, 0.2) is 0 Å². The van der Waals surface area contributed by atoms with Gasteiger partial charge in [-0.1, -0.05) is 18.2 Å². The normalized spacial score (nSPS) is 22.1. The zero-order chi connectivity index (χ0) is 12.8. The predicted molar refractivity (Wildman–Crippen MR) is 71.5 cm³/mol. The van der Waals surface area contributed by atoms with Crippen LogP contribution in [0.2, 0.25) is 0 Å². The number of amides is 1. The average Bonchev–Trinajstić information content (AvgIpc) is 2.35. The van der Waals surface area contributed by atoms with Gasteiger partial charge in [-0.3, -0.25) is 4.79 Å². The fraction of sp³-hybridized carbons (Fsp3) is 0.500. The lowest BCUT2D eigenvalue weighted by Gasteiger charge is -2.35. The first kappa shape index (κ1) is 12.9. The van der Waals surface area contributed by atoms with E-state index >= 15 is 0 Å². The smallest absolute Gasteiger partial charge is 0.239 e. The van der Waals surface area contributed by atoms with Crippen molar-refractivity contribution in [2.45, 2.75) is 31.9 Å². The molecule has 1 aromatic carbocycles. The third-order valence-corrected chi connectivity index (χ3v) is 3.09. The monoisotopic (exact) mass is 248 g/mol. The number of nitrogens with one attached hydrogen (secondary N) is 2. The molecule has 0 bridgehead atoms. The van der Waals surface area contributed by atoms with E-state index in [1.807, 2.05) is 37.3 Å². The summed E-state index contributed by atoms with van der Waals surface area (Å²) < 4.78 is 5.45. The first-order valence-corrected chi connectivity index (χ1v) is 6.48. The predicted octanol–water partition coefficient (Wildman–Crippen LogP) is 1.78. The molecule has 4 nitrogen and oxygen atoms in total. The van der Waals surface area contributed by atoms with Gasteiger partial charge in [0.1, 0.15) is 0 Å². The molecule has 2 rings (SSSR count). The van der Waals surface area contributed by atoms with Gasteiger partial charge in [0, 0.05) is 18.3 Å². The summed E-state index contributed by atoms with van der Waals surface area (Å²) in [6.07, 6.45) is 2.21.